The maximum absolute atomic E-state index is 11.4. The Balaban J connectivity index is 0.00000484. The van der Waals surface area contributed by atoms with Crippen LogP contribution in [0.4, 0.5) is 0 Å². The Bertz CT molecular complexity index is 598. The Morgan fingerprint density at radius 3 is 2.17 bits per heavy atom. The molecule has 0 aliphatic rings. The molecule has 23 heavy (non-hydrogen) atoms. The summed E-state index contributed by atoms with van der Waals surface area (Å²) in [7, 11) is -1.37. The van der Waals surface area contributed by atoms with Crippen molar-refractivity contribution in [2.24, 2.45) is 10.9 Å². The number of nitrogens with zero attached hydrogens (tertiary/aromatic N) is 1. The molecule has 0 aliphatic carbocycles. The summed E-state index contributed by atoms with van der Waals surface area (Å²) in [4.78, 5) is 4.56. The minimum Gasteiger partial charge on any atom is -0.356 e. The van der Waals surface area contributed by atoms with E-state index in [9.17, 15) is 8.42 Å². The maximum Gasteiger partial charge on any atom is 0.191 e. The van der Waals surface area contributed by atoms with Gasteiger partial charge in [-0.15, -0.1) is 24.0 Å². The number of halogens is 1. The van der Waals surface area contributed by atoms with Gasteiger partial charge >= 0.3 is 0 Å². The highest BCUT2D eigenvalue weighted by atomic mass is 127. The molecule has 0 aromatic heterocycles. The Labute approximate surface area is 157 Å². The minimum atomic E-state index is -3.12. The number of aliphatic imine (C=N–C) groups is 1. The number of nitrogens with one attached hydrogen (secondary N) is 2. The fraction of sp³-hybridized carbons (Fsp3) is 0.562. The van der Waals surface area contributed by atoms with Crippen molar-refractivity contribution in [2.45, 2.75) is 38.1 Å². The van der Waals surface area contributed by atoms with Crippen LogP contribution in [0, 0.1) is 5.92 Å². The SMILES string of the molecule is CN=C(NCCc1ccc(S(C)(=O)=O)cc1)NC(C)C(C)C.I. The van der Waals surface area contributed by atoms with Gasteiger partial charge in [-0.25, -0.2) is 8.42 Å². The van der Waals surface area contributed by atoms with Crippen LogP contribution in [0.2, 0.25) is 0 Å². The van der Waals surface area contributed by atoms with Crippen LogP contribution in [0.15, 0.2) is 34.2 Å². The van der Waals surface area contributed by atoms with Crippen LogP contribution in [-0.4, -0.2) is 40.3 Å². The monoisotopic (exact) mass is 453 g/mol. The van der Waals surface area contributed by atoms with Crippen molar-refractivity contribution in [1.29, 1.82) is 0 Å². The van der Waals surface area contributed by atoms with E-state index in [0.29, 0.717) is 16.9 Å². The lowest BCUT2D eigenvalue weighted by atomic mass is 10.1. The highest BCUT2D eigenvalue weighted by Gasteiger charge is 2.09. The largest absolute Gasteiger partial charge is 0.356 e. The first kappa shape index (κ1) is 22.2. The van der Waals surface area contributed by atoms with Gasteiger partial charge in [-0.2, -0.15) is 0 Å². The molecule has 1 aromatic carbocycles. The summed E-state index contributed by atoms with van der Waals surface area (Å²) in [5.41, 5.74) is 1.09. The number of benzene rings is 1. The molecule has 1 aromatic rings. The van der Waals surface area contributed by atoms with Gasteiger partial charge in [-0.05, 0) is 37.0 Å². The van der Waals surface area contributed by atoms with Gasteiger partial charge in [-0.3, -0.25) is 4.99 Å². The Morgan fingerprint density at radius 1 is 1.17 bits per heavy atom. The number of hydrogen-bond donors (Lipinski definition) is 2. The van der Waals surface area contributed by atoms with Gasteiger partial charge < -0.3 is 10.6 Å². The van der Waals surface area contributed by atoms with E-state index in [0.717, 1.165) is 24.5 Å². The molecule has 0 heterocycles. The fourth-order valence-electron chi connectivity index (χ4n) is 1.81. The summed E-state index contributed by atoms with van der Waals surface area (Å²) < 4.78 is 22.8. The van der Waals surface area contributed by atoms with Crippen molar-refractivity contribution < 1.29 is 8.42 Å². The predicted octanol–water partition coefficient (Wildman–Crippen LogP) is 2.46. The fourth-order valence-corrected chi connectivity index (χ4v) is 2.44. The van der Waals surface area contributed by atoms with E-state index in [1.165, 1.54) is 6.26 Å². The van der Waals surface area contributed by atoms with Crippen LogP contribution in [-0.2, 0) is 16.3 Å². The number of guanidine groups is 1. The summed E-state index contributed by atoms with van der Waals surface area (Å²) in [6.45, 7) is 7.19. The third kappa shape index (κ3) is 8.01. The molecule has 0 radical (unpaired) electrons. The molecular formula is C16H28IN3O2S. The van der Waals surface area contributed by atoms with Crippen molar-refractivity contribution in [2.75, 3.05) is 19.8 Å². The summed E-state index contributed by atoms with van der Waals surface area (Å²) in [6, 6.07) is 7.35. The number of sulfone groups is 1. The van der Waals surface area contributed by atoms with Gasteiger partial charge in [0.05, 0.1) is 4.90 Å². The second-order valence-corrected chi connectivity index (χ2v) is 7.86. The standard InChI is InChI=1S/C16H27N3O2S.HI/c1-12(2)13(3)19-16(17-4)18-11-10-14-6-8-15(9-7-14)22(5,20)21;/h6-9,12-13H,10-11H2,1-5H3,(H2,17,18,19);1H. The molecule has 0 saturated heterocycles. The van der Waals surface area contributed by atoms with E-state index in [1.54, 1.807) is 19.2 Å². The first-order valence-electron chi connectivity index (χ1n) is 7.50. The third-order valence-electron chi connectivity index (χ3n) is 3.65. The van der Waals surface area contributed by atoms with Gasteiger partial charge in [0.25, 0.3) is 0 Å². The van der Waals surface area contributed by atoms with E-state index in [1.807, 2.05) is 12.1 Å². The van der Waals surface area contributed by atoms with Crippen LogP contribution in [0.25, 0.3) is 0 Å². The minimum absolute atomic E-state index is 0. The average molecular weight is 453 g/mol. The quantitative estimate of drug-likeness (QED) is 0.395. The van der Waals surface area contributed by atoms with Gasteiger partial charge in [0.15, 0.2) is 15.8 Å². The van der Waals surface area contributed by atoms with Gasteiger partial charge in [-0.1, -0.05) is 26.0 Å². The van der Waals surface area contributed by atoms with Crippen LogP contribution >= 0.6 is 24.0 Å². The molecule has 1 unspecified atom stereocenters. The lowest BCUT2D eigenvalue weighted by molar-refractivity contribution is 0.481. The molecule has 0 aliphatic heterocycles. The van der Waals surface area contributed by atoms with Crippen molar-refractivity contribution in [1.82, 2.24) is 10.6 Å². The Morgan fingerprint density at radius 2 is 1.74 bits per heavy atom. The molecule has 0 spiro atoms. The van der Waals surface area contributed by atoms with E-state index in [-0.39, 0.29) is 24.0 Å². The average Bonchev–Trinajstić information content (AvgIpc) is 2.45. The van der Waals surface area contributed by atoms with E-state index >= 15 is 0 Å². The van der Waals surface area contributed by atoms with Crippen LogP contribution in [0.1, 0.15) is 26.3 Å². The molecule has 0 bridgehead atoms. The van der Waals surface area contributed by atoms with Gasteiger partial charge in [0.1, 0.15) is 0 Å². The zero-order chi connectivity index (χ0) is 16.8. The molecular weight excluding hydrogens is 425 g/mol. The van der Waals surface area contributed by atoms with Gasteiger partial charge in [0.2, 0.25) is 0 Å². The Hall–Kier alpha value is -0.830. The zero-order valence-electron chi connectivity index (χ0n) is 14.5. The molecule has 2 N–H and O–H groups in total. The lowest BCUT2D eigenvalue weighted by Gasteiger charge is -2.20. The second kappa shape index (κ2) is 10.1. The van der Waals surface area contributed by atoms with Crippen molar-refractivity contribution >= 4 is 39.8 Å². The van der Waals surface area contributed by atoms with Crippen molar-refractivity contribution in [3.8, 4) is 0 Å². The first-order chi connectivity index (χ1) is 10.2. The normalized spacial score (nSPS) is 13.4. The zero-order valence-corrected chi connectivity index (χ0v) is 17.6. The summed E-state index contributed by atoms with van der Waals surface area (Å²) >= 11 is 0. The lowest BCUT2D eigenvalue weighted by Crippen LogP contribution is -2.44. The first-order valence-corrected chi connectivity index (χ1v) is 9.39. The highest BCUT2D eigenvalue weighted by Crippen LogP contribution is 2.10. The van der Waals surface area contributed by atoms with Crippen LogP contribution in [0.5, 0.6) is 0 Å². The smallest absolute Gasteiger partial charge is 0.191 e. The molecule has 7 heteroatoms. The molecule has 0 amide bonds. The molecule has 1 rings (SSSR count). The maximum atomic E-state index is 11.4. The van der Waals surface area contributed by atoms with Gasteiger partial charge in [0, 0.05) is 25.9 Å². The molecule has 5 nitrogen and oxygen atoms in total. The van der Waals surface area contributed by atoms with Crippen molar-refractivity contribution in [3.63, 3.8) is 0 Å². The van der Waals surface area contributed by atoms with Crippen molar-refractivity contribution in [3.05, 3.63) is 29.8 Å². The van der Waals surface area contributed by atoms with Crippen LogP contribution < -0.4 is 10.6 Å². The number of hydrogen-bond acceptors (Lipinski definition) is 3. The molecule has 1 atom stereocenters. The Kier molecular flexibility index (Phi) is 9.76. The van der Waals surface area contributed by atoms with E-state index < -0.39 is 9.84 Å². The van der Waals surface area contributed by atoms with E-state index in [4.69, 9.17) is 0 Å². The molecule has 0 saturated carbocycles. The molecule has 132 valence electrons. The highest BCUT2D eigenvalue weighted by molar-refractivity contribution is 14.0. The predicted molar refractivity (Wildman–Crippen MR) is 107 cm³/mol. The van der Waals surface area contributed by atoms with Crippen LogP contribution in [0.3, 0.4) is 0 Å². The third-order valence-corrected chi connectivity index (χ3v) is 4.77. The van der Waals surface area contributed by atoms with E-state index in [2.05, 4.69) is 36.4 Å². The summed E-state index contributed by atoms with van der Waals surface area (Å²) in [5.74, 6) is 1.32. The summed E-state index contributed by atoms with van der Waals surface area (Å²) in [6.07, 6.45) is 2.02. The second-order valence-electron chi connectivity index (χ2n) is 5.84. The topological polar surface area (TPSA) is 70.6 Å². The number of rotatable bonds is 6. The summed E-state index contributed by atoms with van der Waals surface area (Å²) in [5, 5.41) is 6.61. The molecule has 0 fully saturated rings.